The van der Waals surface area contributed by atoms with Crippen LogP contribution in [0.1, 0.15) is 12.6 Å². The van der Waals surface area contributed by atoms with E-state index in [9.17, 15) is 4.79 Å². The summed E-state index contributed by atoms with van der Waals surface area (Å²) in [6, 6.07) is 9.42. The lowest BCUT2D eigenvalue weighted by atomic mass is 10.1. The Kier molecular flexibility index (Phi) is 3.75. The highest BCUT2D eigenvalue weighted by atomic mass is 16.5. The highest BCUT2D eigenvalue weighted by Gasteiger charge is 2.16. The molecule has 19 heavy (non-hydrogen) atoms. The number of nitrogens with zero attached hydrogens (tertiary/aromatic N) is 2. The molecule has 0 aliphatic heterocycles. The largest absolute Gasteiger partial charge is 0.480 e. The second-order valence-corrected chi connectivity index (χ2v) is 3.93. The third-order valence-corrected chi connectivity index (χ3v) is 2.48. The van der Waals surface area contributed by atoms with E-state index in [2.05, 4.69) is 9.97 Å². The van der Waals surface area contributed by atoms with Crippen LogP contribution in [0.25, 0.3) is 11.3 Å². The Hall–Kier alpha value is -2.43. The molecular weight excluding hydrogens is 244 g/mol. The number of ether oxygens (including phenoxy) is 2. The van der Waals surface area contributed by atoms with Crippen LogP contribution >= 0.6 is 0 Å². The van der Waals surface area contributed by atoms with E-state index in [1.807, 2.05) is 30.3 Å². The molecule has 0 atom stereocenters. The number of esters is 1. The molecule has 0 fully saturated rings. The van der Waals surface area contributed by atoms with Gasteiger partial charge >= 0.3 is 5.97 Å². The minimum atomic E-state index is -0.447. The first-order chi connectivity index (χ1) is 9.11. The van der Waals surface area contributed by atoms with Crippen LogP contribution < -0.4 is 9.47 Å². The maximum Gasteiger partial charge on any atom is 0.309 e. The Labute approximate surface area is 111 Å². The van der Waals surface area contributed by atoms with Crippen molar-refractivity contribution >= 4 is 5.97 Å². The van der Waals surface area contributed by atoms with Gasteiger partial charge < -0.3 is 9.47 Å². The molecule has 1 aromatic carbocycles. The molecule has 0 spiro atoms. The van der Waals surface area contributed by atoms with Crippen LogP contribution in [0.15, 0.2) is 30.3 Å². The molecule has 0 N–H and O–H groups in total. The zero-order chi connectivity index (χ0) is 13.8. The normalized spacial score (nSPS) is 10.1. The van der Waals surface area contributed by atoms with Gasteiger partial charge in [-0.2, -0.15) is 4.98 Å². The number of rotatable bonds is 3. The molecule has 0 radical (unpaired) electrons. The summed E-state index contributed by atoms with van der Waals surface area (Å²) in [5.41, 5.74) is 1.99. The van der Waals surface area contributed by atoms with Crippen molar-refractivity contribution in [2.75, 3.05) is 7.11 Å². The zero-order valence-corrected chi connectivity index (χ0v) is 11.0. The molecule has 2 rings (SSSR count). The van der Waals surface area contributed by atoms with E-state index in [1.165, 1.54) is 14.0 Å². The van der Waals surface area contributed by atoms with E-state index in [0.717, 1.165) is 5.56 Å². The zero-order valence-electron chi connectivity index (χ0n) is 11.0. The monoisotopic (exact) mass is 258 g/mol. The lowest BCUT2D eigenvalue weighted by molar-refractivity contribution is -0.132. The molecule has 98 valence electrons. The highest BCUT2D eigenvalue weighted by Crippen LogP contribution is 2.29. The van der Waals surface area contributed by atoms with Gasteiger partial charge in [-0.05, 0) is 6.92 Å². The Balaban J connectivity index is 2.58. The van der Waals surface area contributed by atoms with Gasteiger partial charge in [-0.1, -0.05) is 30.3 Å². The van der Waals surface area contributed by atoms with Crippen molar-refractivity contribution < 1.29 is 14.3 Å². The van der Waals surface area contributed by atoms with E-state index >= 15 is 0 Å². The fourth-order valence-corrected chi connectivity index (χ4v) is 1.67. The number of methoxy groups -OCH3 is 1. The molecule has 0 aliphatic rings. The third kappa shape index (κ3) is 2.88. The van der Waals surface area contributed by atoms with Crippen LogP contribution in [0.3, 0.4) is 0 Å². The molecule has 2 aromatic rings. The summed E-state index contributed by atoms with van der Waals surface area (Å²) in [4.78, 5) is 19.7. The summed E-state index contributed by atoms with van der Waals surface area (Å²) in [5, 5.41) is 0. The van der Waals surface area contributed by atoms with Crippen LogP contribution in [0, 0.1) is 6.92 Å². The number of carbonyl (C=O) groups is 1. The molecule has 0 bridgehead atoms. The number of hydrogen-bond donors (Lipinski definition) is 0. The minimum absolute atomic E-state index is 0.154. The fourth-order valence-electron chi connectivity index (χ4n) is 1.67. The van der Waals surface area contributed by atoms with Crippen LogP contribution in [0.5, 0.6) is 11.8 Å². The minimum Gasteiger partial charge on any atom is -0.480 e. The standard InChI is InChI=1S/C14H14N2O3/c1-9-13(18-3)16-14(19-10(2)17)12(15-9)11-7-5-4-6-8-11/h4-8H,1-3H3. The second-order valence-electron chi connectivity index (χ2n) is 3.93. The van der Waals surface area contributed by atoms with Gasteiger partial charge in [0.1, 0.15) is 11.4 Å². The van der Waals surface area contributed by atoms with E-state index in [1.54, 1.807) is 6.92 Å². The van der Waals surface area contributed by atoms with Crippen LogP contribution in [-0.2, 0) is 4.79 Å². The first-order valence-corrected chi connectivity index (χ1v) is 5.78. The van der Waals surface area contributed by atoms with Crippen molar-refractivity contribution in [2.45, 2.75) is 13.8 Å². The fraction of sp³-hybridized carbons (Fsp3) is 0.214. The first-order valence-electron chi connectivity index (χ1n) is 5.78. The highest BCUT2D eigenvalue weighted by molar-refractivity contribution is 5.73. The van der Waals surface area contributed by atoms with Gasteiger partial charge in [-0.3, -0.25) is 4.79 Å². The molecular formula is C14H14N2O3. The maximum atomic E-state index is 11.2. The average Bonchev–Trinajstić information content (AvgIpc) is 2.41. The van der Waals surface area contributed by atoms with Gasteiger partial charge in [-0.15, -0.1) is 0 Å². The smallest absolute Gasteiger partial charge is 0.309 e. The van der Waals surface area contributed by atoms with Crippen molar-refractivity contribution in [2.24, 2.45) is 0 Å². The summed E-state index contributed by atoms with van der Waals surface area (Å²) in [6.07, 6.45) is 0. The summed E-state index contributed by atoms with van der Waals surface area (Å²) in [6.45, 7) is 3.11. The number of hydrogen-bond acceptors (Lipinski definition) is 5. The van der Waals surface area contributed by atoms with Gasteiger partial charge in [0.15, 0.2) is 0 Å². The molecule has 1 aromatic heterocycles. The molecule has 5 heteroatoms. The predicted molar refractivity (Wildman–Crippen MR) is 70.1 cm³/mol. The first kappa shape index (κ1) is 13.0. The molecule has 0 unspecified atom stereocenters. The summed E-state index contributed by atoms with van der Waals surface area (Å²) >= 11 is 0. The van der Waals surface area contributed by atoms with E-state index in [-0.39, 0.29) is 5.88 Å². The molecule has 1 heterocycles. The number of aryl methyl sites for hydroxylation is 1. The average molecular weight is 258 g/mol. The van der Waals surface area contributed by atoms with Crippen molar-refractivity contribution in [3.63, 3.8) is 0 Å². The Morgan fingerprint density at radius 3 is 2.37 bits per heavy atom. The third-order valence-electron chi connectivity index (χ3n) is 2.48. The van der Waals surface area contributed by atoms with Crippen molar-refractivity contribution in [1.29, 1.82) is 0 Å². The molecule has 0 saturated carbocycles. The van der Waals surface area contributed by atoms with Crippen LogP contribution in [-0.4, -0.2) is 23.0 Å². The molecule has 0 aliphatic carbocycles. The van der Waals surface area contributed by atoms with E-state index in [4.69, 9.17) is 9.47 Å². The van der Waals surface area contributed by atoms with Crippen LogP contribution in [0.2, 0.25) is 0 Å². The van der Waals surface area contributed by atoms with Gasteiger partial charge in [0.25, 0.3) is 5.88 Å². The summed E-state index contributed by atoms with van der Waals surface area (Å²) < 4.78 is 10.2. The Morgan fingerprint density at radius 2 is 1.79 bits per heavy atom. The number of benzene rings is 1. The maximum absolute atomic E-state index is 11.2. The second kappa shape index (κ2) is 5.48. The van der Waals surface area contributed by atoms with Gasteiger partial charge in [-0.25, -0.2) is 4.98 Å². The van der Waals surface area contributed by atoms with E-state index < -0.39 is 5.97 Å². The molecule has 0 amide bonds. The quantitative estimate of drug-likeness (QED) is 0.791. The van der Waals surface area contributed by atoms with Crippen molar-refractivity contribution in [3.05, 3.63) is 36.0 Å². The molecule has 5 nitrogen and oxygen atoms in total. The number of aromatic nitrogens is 2. The van der Waals surface area contributed by atoms with Crippen molar-refractivity contribution in [3.8, 4) is 23.0 Å². The van der Waals surface area contributed by atoms with Gasteiger partial charge in [0.2, 0.25) is 5.88 Å². The van der Waals surface area contributed by atoms with Crippen LogP contribution in [0.4, 0.5) is 0 Å². The topological polar surface area (TPSA) is 61.3 Å². The van der Waals surface area contributed by atoms with Gasteiger partial charge in [0.05, 0.1) is 7.11 Å². The van der Waals surface area contributed by atoms with Crippen molar-refractivity contribution in [1.82, 2.24) is 9.97 Å². The molecule has 0 saturated heterocycles. The Bertz CT molecular complexity index is 597. The lowest BCUT2D eigenvalue weighted by Gasteiger charge is -2.10. The van der Waals surface area contributed by atoms with E-state index in [0.29, 0.717) is 17.3 Å². The SMILES string of the molecule is COc1nc(OC(C)=O)c(-c2ccccc2)nc1C. The number of carbonyl (C=O) groups excluding carboxylic acids is 1. The lowest BCUT2D eigenvalue weighted by Crippen LogP contribution is -2.07. The summed E-state index contributed by atoms with van der Waals surface area (Å²) in [7, 11) is 1.50. The predicted octanol–water partition coefficient (Wildman–Crippen LogP) is 2.39. The summed E-state index contributed by atoms with van der Waals surface area (Å²) in [5.74, 6) is 0.0504. The Morgan fingerprint density at radius 1 is 1.11 bits per heavy atom. The van der Waals surface area contributed by atoms with Gasteiger partial charge in [0, 0.05) is 12.5 Å².